The van der Waals surface area contributed by atoms with Crippen LogP contribution in [0.2, 0.25) is 5.02 Å². The summed E-state index contributed by atoms with van der Waals surface area (Å²) in [7, 11) is 0. The molecule has 1 amide bonds. The molecular weight excluding hydrogens is 352 g/mol. The van der Waals surface area contributed by atoms with Crippen LogP contribution in [0.25, 0.3) is 0 Å². The zero-order valence-corrected chi connectivity index (χ0v) is 15.3. The van der Waals surface area contributed by atoms with Crippen molar-refractivity contribution < 1.29 is 14.3 Å². The van der Waals surface area contributed by atoms with Crippen molar-refractivity contribution in [1.29, 1.82) is 0 Å². The van der Waals surface area contributed by atoms with E-state index in [1.54, 1.807) is 0 Å². The minimum atomic E-state index is -0.154. The third kappa shape index (κ3) is 5.21. The predicted molar refractivity (Wildman–Crippen MR) is 102 cm³/mol. The maximum atomic E-state index is 12.2. The van der Waals surface area contributed by atoms with Crippen molar-refractivity contribution >= 4 is 17.5 Å². The van der Waals surface area contributed by atoms with E-state index in [2.05, 4.69) is 10.2 Å². The summed E-state index contributed by atoms with van der Waals surface area (Å²) in [5, 5.41) is 3.68. The summed E-state index contributed by atoms with van der Waals surface area (Å²) < 4.78 is 11.0. The molecule has 26 heavy (non-hydrogen) atoms. The van der Waals surface area contributed by atoms with Crippen molar-refractivity contribution in [2.24, 2.45) is 0 Å². The van der Waals surface area contributed by atoms with Crippen molar-refractivity contribution in [2.45, 2.75) is 6.04 Å². The fraction of sp³-hybridized carbons (Fsp3) is 0.350. The number of nitrogens with one attached hydrogen (secondary N) is 1. The maximum Gasteiger partial charge on any atom is 0.258 e. The first-order valence-corrected chi connectivity index (χ1v) is 9.12. The molecule has 1 aliphatic heterocycles. The smallest absolute Gasteiger partial charge is 0.258 e. The number of halogens is 1. The van der Waals surface area contributed by atoms with Crippen LogP contribution in [0.5, 0.6) is 5.75 Å². The lowest BCUT2D eigenvalue weighted by atomic mass is 10.0. The van der Waals surface area contributed by atoms with Gasteiger partial charge in [0.1, 0.15) is 5.75 Å². The fourth-order valence-electron chi connectivity index (χ4n) is 3.00. The number of hydrogen-bond acceptors (Lipinski definition) is 4. The Kier molecular flexibility index (Phi) is 6.89. The molecule has 2 aromatic rings. The molecule has 1 N–H and O–H groups in total. The summed E-state index contributed by atoms with van der Waals surface area (Å²) in [5.41, 5.74) is 1.01. The third-order valence-electron chi connectivity index (χ3n) is 4.36. The van der Waals surface area contributed by atoms with Gasteiger partial charge in [0.05, 0.1) is 19.3 Å². The minimum Gasteiger partial charge on any atom is -0.484 e. The van der Waals surface area contributed by atoms with E-state index in [-0.39, 0.29) is 18.6 Å². The summed E-state index contributed by atoms with van der Waals surface area (Å²) in [4.78, 5) is 14.5. The second-order valence-corrected chi connectivity index (χ2v) is 6.50. The summed E-state index contributed by atoms with van der Waals surface area (Å²) >= 11 is 6.40. The molecule has 6 heteroatoms. The van der Waals surface area contributed by atoms with Gasteiger partial charge in [-0.25, -0.2) is 0 Å². The molecule has 1 fully saturated rings. The SMILES string of the molecule is O=C(COc1ccccc1)NC[C@H](c1ccccc1Cl)N1CCOCC1. The largest absolute Gasteiger partial charge is 0.484 e. The Hall–Kier alpha value is -2.08. The van der Waals surface area contributed by atoms with Crippen LogP contribution in [0, 0.1) is 0 Å². The molecule has 1 aliphatic rings. The van der Waals surface area contributed by atoms with Gasteiger partial charge in [0, 0.05) is 24.7 Å². The highest BCUT2D eigenvalue weighted by Crippen LogP contribution is 2.27. The normalized spacial score (nSPS) is 16.0. The van der Waals surface area contributed by atoms with Gasteiger partial charge in [-0.2, -0.15) is 0 Å². The van der Waals surface area contributed by atoms with Gasteiger partial charge in [-0.1, -0.05) is 48.0 Å². The number of benzene rings is 2. The molecule has 0 aliphatic carbocycles. The number of rotatable bonds is 7. The highest BCUT2D eigenvalue weighted by Gasteiger charge is 2.24. The van der Waals surface area contributed by atoms with E-state index in [1.807, 2.05) is 54.6 Å². The molecule has 0 bridgehead atoms. The minimum absolute atomic E-state index is 0.00766. The van der Waals surface area contributed by atoms with E-state index < -0.39 is 0 Å². The molecule has 0 spiro atoms. The molecule has 0 saturated carbocycles. The molecule has 138 valence electrons. The van der Waals surface area contributed by atoms with E-state index in [9.17, 15) is 4.79 Å². The van der Waals surface area contributed by atoms with Crippen molar-refractivity contribution in [1.82, 2.24) is 10.2 Å². The zero-order chi connectivity index (χ0) is 18.2. The Morgan fingerprint density at radius 3 is 2.54 bits per heavy atom. The number of para-hydroxylation sites is 1. The average Bonchev–Trinajstić information content (AvgIpc) is 2.69. The summed E-state index contributed by atoms with van der Waals surface area (Å²) in [6.07, 6.45) is 0. The number of nitrogens with zero attached hydrogens (tertiary/aromatic N) is 1. The van der Waals surface area contributed by atoms with Gasteiger partial charge in [-0.15, -0.1) is 0 Å². The van der Waals surface area contributed by atoms with Crippen LogP contribution in [0.15, 0.2) is 54.6 Å². The lowest BCUT2D eigenvalue weighted by molar-refractivity contribution is -0.123. The molecule has 0 aromatic heterocycles. The summed E-state index contributed by atoms with van der Waals surface area (Å²) in [6, 6.07) is 17.1. The van der Waals surface area contributed by atoms with Crippen LogP contribution in [-0.4, -0.2) is 50.3 Å². The van der Waals surface area contributed by atoms with Crippen LogP contribution in [0.1, 0.15) is 11.6 Å². The number of hydrogen-bond donors (Lipinski definition) is 1. The van der Waals surface area contributed by atoms with Gasteiger partial charge < -0.3 is 14.8 Å². The number of morpholine rings is 1. The molecule has 0 radical (unpaired) electrons. The van der Waals surface area contributed by atoms with Crippen LogP contribution in [-0.2, 0) is 9.53 Å². The van der Waals surface area contributed by atoms with Crippen molar-refractivity contribution in [3.63, 3.8) is 0 Å². The maximum absolute atomic E-state index is 12.2. The zero-order valence-electron chi connectivity index (χ0n) is 14.6. The second kappa shape index (κ2) is 9.57. The van der Waals surface area contributed by atoms with Gasteiger partial charge in [-0.3, -0.25) is 9.69 Å². The second-order valence-electron chi connectivity index (χ2n) is 6.09. The first-order valence-electron chi connectivity index (χ1n) is 8.75. The van der Waals surface area contributed by atoms with Crippen molar-refractivity contribution in [3.8, 4) is 5.75 Å². The Balaban J connectivity index is 1.60. The predicted octanol–water partition coefficient (Wildman–Crippen LogP) is 2.91. The van der Waals surface area contributed by atoms with Gasteiger partial charge in [0.15, 0.2) is 6.61 Å². The number of amides is 1. The molecule has 0 unspecified atom stereocenters. The molecule has 1 heterocycles. The summed E-state index contributed by atoms with van der Waals surface area (Å²) in [6.45, 7) is 3.46. The highest BCUT2D eigenvalue weighted by atomic mass is 35.5. The first-order chi connectivity index (χ1) is 12.7. The Morgan fingerprint density at radius 1 is 1.12 bits per heavy atom. The van der Waals surface area contributed by atoms with Crippen molar-refractivity contribution in [3.05, 3.63) is 65.2 Å². The van der Waals surface area contributed by atoms with E-state index in [4.69, 9.17) is 21.1 Å². The molecule has 1 atom stereocenters. The third-order valence-corrected chi connectivity index (χ3v) is 4.70. The van der Waals surface area contributed by atoms with Crippen LogP contribution in [0.4, 0.5) is 0 Å². The van der Waals surface area contributed by atoms with Crippen LogP contribution in [0.3, 0.4) is 0 Å². The quantitative estimate of drug-likeness (QED) is 0.809. The van der Waals surface area contributed by atoms with Crippen molar-refractivity contribution in [2.75, 3.05) is 39.5 Å². The topological polar surface area (TPSA) is 50.8 Å². The van der Waals surface area contributed by atoms with Crippen LogP contribution >= 0.6 is 11.6 Å². The standard InChI is InChI=1S/C20H23ClN2O3/c21-18-9-5-4-8-17(18)19(23-10-12-25-13-11-23)14-22-20(24)15-26-16-6-2-1-3-7-16/h1-9,19H,10-15H2,(H,22,24)/t19-/m1/s1. The average molecular weight is 375 g/mol. The number of carbonyl (C=O) groups is 1. The molecule has 2 aromatic carbocycles. The number of carbonyl (C=O) groups excluding carboxylic acids is 1. The van der Waals surface area contributed by atoms with E-state index >= 15 is 0 Å². The molecule has 5 nitrogen and oxygen atoms in total. The van der Waals surface area contributed by atoms with E-state index in [0.29, 0.717) is 30.5 Å². The summed E-state index contributed by atoms with van der Waals surface area (Å²) in [5.74, 6) is 0.526. The lowest BCUT2D eigenvalue weighted by Gasteiger charge is -2.35. The monoisotopic (exact) mass is 374 g/mol. The van der Waals surface area contributed by atoms with Gasteiger partial charge >= 0.3 is 0 Å². The Bertz CT molecular complexity index is 705. The van der Waals surface area contributed by atoms with E-state index in [0.717, 1.165) is 18.7 Å². The van der Waals surface area contributed by atoms with Crippen LogP contribution < -0.4 is 10.1 Å². The van der Waals surface area contributed by atoms with Gasteiger partial charge in [0.2, 0.25) is 0 Å². The molecular formula is C20H23ClN2O3. The fourth-order valence-corrected chi connectivity index (χ4v) is 3.26. The lowest BCUT2D eigenvalue weighted by Crippen LogP contribution is -2.44. The Labute approximate surface area is 158 Å². The molecule has 3 rings (SSSR count). The molecule has 1 saturated heterocycles. The highest BCUT2D eigenvalue weighted by molar-refractivity contribution is 6.31. The first kappa shape index (κ1) is 18.7. The van der Waals surface area contributed by atoms with E-state index in [1.165, 1.54) is 0 Å². The van der Waals surface area contributed by atoms with Gasteiger partial charge in [0.25, 0.3) is 5.91 Å². The Morgan fingerprint density at radius 2 is 1.81 bits per heavy atom. The van der Waals surface area contributed by atoms with Gasteiger partial charge in [-0.05, 0) is 23.8 Å². The number of ether oxygens (including phenoxy) is 2.